The van der Waals surface area contributed by atoms with E-state index in [-0.39, 0.29) is 23.7 Å². The van der Waals surface area contributed by atoms with Gasteiger partial charge in [0.2, 0.25) is 11.8 Å². The first-order valence-corrected chi connectivity index (χ1v) is 7.84. The van der Waals surface area contributed by atoms with Gasteiger partial charge in [-0.05, 0) is 25.7 Å². The fourth-order valence-electron chi connectivity index (χ4n) is 1.92. The number of hydrogen-bond donors (Lipinski definition) is 2. The highest BCUT2D eigenvalue weighted by Crippen LogP contribution is 2.30. The molecule has 2 aliphatic rings. The second kappa shape index (κ2) is 6.65. The minimum Gasteiger partial charge on any atom is -0.289 e. The molecule has 6 nitrogen and oxygen atoms in total. The van der Waals surface area contributed by atoms with Gasteiger partial charge in [-0.15, -0.1) is 0 Å². The fraction of sp³-hybridized carbons (Fsp3) is 0.692. The van der Waals surface area contributed by atoms with E-state index in [4.69, 9.17) is 24.4 Å². The van der Waals surface area contributed by atoms with Crippen LogP contribution >= 0.6 is 24.4 Å². The van der Waals surface area contributed by atoms with Gasteiger partial charge in [0.1, 0.15) is 9.98 Å². The molecule has 2 saturated carbocycles. The van der Waals surface area contributed by atoms with Crippen molar-refractivity contribution in [3.8, 4) is 0 Å². The monoisotopic (exact) mass is 328 g/mol. The predicted octanol–water partition coefficient (Wildman–Crippen LogP) is 0.777. The van der Waals surface area contributed by atoms with Crippen LogP contribution in [0.4, 0.5) is 0 Å². The number of carbonyl (C=O) groups is 2. The second-order valence-electron chi connectivity index (χ2n) is 5.59. The molecule has 0 aliphatic heterocycles. The van der Waals surface area contributed by atoms with Crippen LogP contribution in [-0.4, -0.2) is 45.9 Å². The molecule has 2 rings (SSSR count). The lowest BCUT2D eigenvalue weighted by atomic mass is 10.4. The average molecular weight is 328 g/mol. The molecule has 21 heavy (non-hydrogen) atoms. The molecule has 0 unspecified atom stereocenters. The van der Waals surface area contributed by atoms with Gasteiger partial charge < -0.3 is 0 Å². The van der Waals surface area contributed by atoms with E-state index in [1.807, 2.05) is 0 Å². The minimum absolute atomic E-state index is 0.0530. The highest BCUT2D eigenvalue weighted by atomic mass is 32.1. The summed E-state index contributed by atoms with van der Waals surface area (Å²) in [6, 6.07) is 0. The summed E-state index contributed by atoms with van der Waals surface area (Å²) in [5, 5.41) is 2.84. The first-order valence-electron chi connectivity index (χ1n) is 7.02. The molecular formula is C13H20N4O2S2. The molecule has 2 amide bonds. The quantitative estimate of drug-likeness (QED) is 0.587. The van der Waals surface area contributed by atoms with Crippen molar-refractivity contribution in [2.45, 2.75) is 32.1 Å². The van der Waals surface area contributed by atoms with Crippen molar-refractivity contribution in [1.29, 1.82) is 0 Å². The SMILES string of the molecule is CN(NC(=S)CC(=S)NN(C)C(=O)C1CC1)C(=O)C1CC1. The molecule has 8 heteroatoms. The predicted molar refractivity (Wildman–Crippen MR) is 87.1 cm³/mol. The lowest BCUT2D eigenvalue weighted by molar-refractivity contribution is -0.133. The fourth-order valence-corrected chi connectivity index (χ4v) is 2.57. The molecule has 0 radical (unpaired) electrons. The Hall–Kier alpha value is -1.28. The van der Waals surface area contributed by atoms with E-state index in [1.54, 1.807) is 14.1 Å². The summed E-state index contributed by atoms with van der Waals surface area (Å²) >= 11 is 10.4. The van der Waals surface area contributed by atoms with Crippen molar-refractivity contribution in [2.75, 3.05) is 14.1 Å². The van der Waals surface area contributed by atoms with Gasteiger partial charge in [0.05, 0.1) is 6.42 Å². The van der Waals surface area contributed by atoms with Gasteiger partial charge >= 0.3 is 0 Å². The smallest absolute Gasteiger partial charge is 0.243 e. The standard InChI is InChI=1S/C13H20N4O2S2/c1-16(12(18)8-3-4-8)14-10(20)7-11(21)15-17(2)13(19)9-5-6-9/h8-9H,3-7H2,1-2H3,(H,14,20)(H,15,21). The first kappa shape index (κ1) is 16.1. The maximum Gasteiger partial charge on any atom is 0.243 e. The molecular weight excluding hydrogens is 308 g/mol. The number of amides is 2. The molecule has 0 bridgehead atoms. The Labute approximate surface area is 135 Å². The van der Waals surface area contributed by atoms with Crippen molar-refractivity contribution in [1.82, 2.24) is 20.9 Å². The van der Waals surface area contributed by atoms with E-state index >= 15 is 0 Å². The third-order valence-corrected chi connectivity index (χ3v) is 3.89. The van der Waals surface area contributed by atoms with Crippen molar-refractivity contribution < 1.29 is 9.59 Å². The van der Waals surface area contributed by atoms with Crippen LogP contribution < -0.4 is 10.9 Å². The van der Waals surface area contributed by atoms with Crippen molar-refractivity contribution >= 4 is 46.2 Å². The van der Waals surface area contributed by atoms with E-state index in [0.29, 0.717) is 16.4 Å². The maximum absolute atomic E-state index is 11.8. The third-order valence-electron chi connectivity index (χ3n) is 3.42. The summed E-state index contributed by atoms with van der Waals surface area (Å²) in [6.45, 7) is 0. The highest BCUT2D eigenvalue weighted by Gasteiger charge is 2.33. The zero-order chi connectivity index (χ0) is 15.6. The topological polar surface area (TPSA) is 64.7 Å². The maximum atomic E-state index is 11.8. The molecule has 0 spiro atoms. The molecule has 0 heterocycles. The van der Waals surface area contributed by atoms with Crippen molar-refractivity contribution in [2.24, 2.45) is 11.8 Å². The third kappa shape index (κ3) is 4.89. The Kier molecular flexibility index (Phi) is 5.10. The number of nitrogens with one attached hydrogen (secondary N) is 2. The normalized spacial score (nSPS) is 16.9. The highest BCUT2D eigenvalue weighted by molar-refractivity contribution is 7.82. The van der Waals surface area contributed by atoms with Gasteiger partial charge in [0, 0.05) is 25.9 Å². The lowest BCUT2D eigenvalue weighted by Gasteiger charge is -2.22. The lowest BCUT2D eigenvalue weighted by Crippen LogP contribution is -2.47. The Balaban J connectivity index is 1.69. The Morgan fingerprint density at radius 3 is 1.52 bits per heavy atom. The summed E-state index contributed by atoms with van der Waals surface area (Å²) in [5.41, 5.74) is 5.71. The molecule has 0 aromatic carbocycles. The van der Waals surface area contributed by atoms with E-state index < -0.39 is 0 Å². The summed E-state index contributed by atoms with van der Waals surface area (Å²) < 4.78 is 0. The molecule has 0 atom stereocenters. The average Bonchev–Trinajstić information content (AvgIpc) is 3.29. The Morgan fingerprint density at radius 1 is 0.905 bits per heavy atom. The zero-order valence-electron chi connectivity index (χ0n) is 12.2. The minimum atomic E-state index is 0.0530. The number of hydrogen-bond acceptors (Lipinski definition) is 4. The van der Waals surface area contributed by atoms with Crippen LogP contribution in [0, 0.1) is 11.8 Å². The van der Waals surface area contributed by atoms with Crippen molar-refractivity contribution in [3.05, 3.63) is 0 Å². The van der Waals surface area contributed by atoms with E-state index in [2.05, 4.69) is 10.9 Å². The van der Waals surface area contributed by atoms with Crippen molar-refractivity contribution in [3.63, 3.8) is 0 Å². The van der Waals surface area contributed by atoms with Gasteiger partial charge in [0.25, 0.3) is 0 Å². The van der Waals surface area contributed by atoms with Gasteiger partial charge in [0.15, 0.2) is 0 Å². The van der Waals surface area contributed by atoms with Crippen LogP contribution in [0.25, 0.3) is 0 Å². The molecule has 116 valence electrons. The summed E-state index contributed by atoms with van der Waals surface area (Å²) in [6.07, 6.45) is 4.10. The molecule has 0 saturated heterocycles. The summed E-state index contributed by atoms with van der Waals surface area (Å²) in [5.74, 6) is 0.379. The van der Waals surface area contributed by atoms with E-state index in [1.165, 1.54) is 10.0 Å². The van der Waals surface area contributed by atoms with Crippen LogP contribution in [0.3, 0.4) is 0 Å². The molecule has 0 aromatic rings. The summed E-state index contributed by atoms with van der Waals surface area (Å²) in [7, 11) is 3.32. The van der Waals surface area contributed by atoms with Gasteiger partial charge in [-0.2, -0.15) is 0 Å². The largest absolute Gasteiger partial charge is 0.289 e. The van der Waals surface area contributed by atoms with Crippen LogP contribution in [-0.2, 0) is 9.59 Å². The Bertz CT molecular complexity index is 433. The van der Waals surface area contributed by atoms with Gasteiger partial charge in [-0.3, -0.25) is 30.5 Å². The molecule has 0 aromatic heterocycles. The number of rotatable bonds is 4. The van der Waals surface area contributed by atoms with Crippen LogP contribution in [0.5, 0.6) is 0 Å². The first-order chi connectivity index (χ1) is 9.88. The number of hydrazine groups is 2. The number of thiocarbonyl (C=S) groups is 2. The second-order valence-corrected chi connectivity index (χ2v) is 6.58. The van der Waals surface area contributed by atoms with E-state index in [9.17, 15) is 9.59 Å². The van der Waals surface area contributed by atoms with Gasteiger partial charge in [-0.1, -0.05) is 24.4 Å². The zero-order valence-corrected chi connectivity index (χ0v) is 13.9. The van der Waals surface area contributed by atoms with E-state index in [0.717, 1.165) is 25.7 Å². The molecule has 2 aliphatic carbocycles. The van der Waals surface area contributed by atoms with Crippen LogP contribution in [0.1, 0.15) is 32.1 Å². The van der Waals surface area contributed by atoms with Gasteiger partial charge in [-0.25, -0.2) is 0 Å². The number of nitrogens with zero attached hydrogens (tertiary/aromatic N) is 2. The molecule has 2 N–H and O–H groups in total. The Morgan fingerprint density at radius 2 is 1.24 bits per heavy atom. The van der Waals surface area contributed by atoms with Crippen LogP contribution in [0.2, 0.25) is 0 Å². The van der Waals surface area contributed by atoms with Crippen LogP contribution in [0.15, 0.2) is 0 Å². The number of carbonyl (C=O) groups excluding carboxylic acids is 2. The summed E-state index contributed by atoms with van der Waals surface area (Å²) in [4.78, 5) is 24.5. The molecule has 2 fully saturated rings.